The van der Waals surface area contributed by atoms with E-state index >= 15 is 0 Å². The summed E-state index contributed by atoms with van der Waals surface area (Å²) in [6, 6.07) is 0. The van der Waals surface area contributed by atoms with Crippen LogP contribution in [-0.4, -0.2) is 5.87 Å². The minimum Gasteiger partial charge on any atom is -0.258 e. The van der Waals surface area contributed by atoms with E-state index in [-0.39, 0.29) is 0 Å². The highest BCUT2D eigenvalue weighted by Crippen LogP contribution is 1.40. The first-order chi connectivity index (χ1) is 2.41. The van der Waals surface area contributed by atoms with Gasteiger partial charge in [0.15, 0.2) is 0 Å². The third-order valence-corrected chi connectivity index (χ3v) is 0.156. The summed E-state index contributed by atoms with van der Waals surface area (Å²) in [5.41, 5.74) is 0. The van der Waals surface area contributed by atoms with Crippen LogP contribution < -0.4 is 0 Å². The summed E-state index contributed by atoms with van der Waals surface area (Å²) >= 11 is 0. The molecule has 0 radical (unpaired) electrons. The second-order valence-corrected chi connectivity index (χ2v) is 0.455. The maximum absolute atomic E-state index is 6.15. The van der Waals surface area contributed by atoms with Crippen molar-refractivity contribution >= 4 is 5.87 Å². The van der Waals surface area contributed by atoms with Crippen LogP contribution in [0.1, 0.15) is 0 Å². The molecule has 0 unspecified atom stereocenters. The van der Waals surface area contributed by atoms with Crippen molar-refractivity contribution in [1.82, 2.24) is 0 Å². The Labute approximate surface area is 30.8 Å². The largest absolute Gasteiger partial charge is 0.258 e. The Kier molecular flexibility index (Phi) is 2.41. The molecular weight excluding hydrogens is 62.1 g/mol. The fourth-order valence-electron chi connectivity index (χ4n) is 0.0417. The lowest BCUT2D eigenvalue weighted by atomic mass is 10.7. The first-order valence-corrected chi connectivity index (χ1v) is 1.12. The molecule has 0 bridgehead atoms. The Morgan fingerprint density at radius 2 is 2.40 bits per heavy atom. The lowest BCUT2D eigenvalue weighted by molar-refractivity contribution is 1.59. The molecule has 0 aliphatic carbocycles. The van der Waals surface area contributed by atoms with Gasteiger partial charge in [-0.3, -0.25) is 5.41 Å². The molecule has 0 aliphatic rings. The highest BCUT2D eigenvalue weighted by Gasteiger charge is 1.36. The van der Waals surface area contributed by atoms with E-state index in [2.05, 4.69) is 12.3 Å². The van der Waals surface area contributed by atoms with Crippen LogP contribution in [0.3, 0.4) is 0 Å². The van der Waals surface area contributed by atoms with Gasteiger partial charge in [-0.15, -0.1) is 6.42 Å². The predicted molar refractivity (Wildman–Crippen MR) is 21.1 cm³/mol. The quantitative estimate of drug-likeness (QED) is 0.312. The zero-order valence-corrected chi connectivity index (χ0v) is 2.65. The minimum atomic E-state index is 1.19. The molecule has 0 aromatic heterocycles. The molecule has 1 heteroatoms. The predicted octanol–water partition coefficient (Wildman–Crippen LogP) is 0.424. The van der Waals surface area contributed by atoms with Crippen molar-refractivity contribution in [2.45, 2.75) is 0 Å². The highest BCUT2D eigenvalue weighted by molar-refractivity contribution is 5.52. The average Bonchev–Trinajstić information content (AvgIpc) is 1.41. The van der Waals surface area contributed by atoms with Gasteiger partial charge in [-0.05, 0) is 5.87 Å². The van der Waals surface area contributed by atoms with Crippen molar-refractivity contribution in [1.29, 1.82) is 5.41 Å². The van der Waals surface area contributed by atoms with Gasteiger partial charge in [0.05, 0.1) is 0 Å². The second kappa shape index (κ2) is 3.01. The summed E-state index contributed by atoms with van der Waals surface area (Å²) in [7, 11) is 0. The molecular formula is C4H3N. The molecule has 1 nitrogen and oxygen atoms in total. The Balaban J connectivity index is 3.46. The zero-order chi connectivity index (χ0) is 4.12. The Morgan fingerprint density at radius 3 is 2.40 bits per heavy atom. The fraction of sp³-hybridized carbons (Fsp3) is 0. The van der Waals surface area contributed by atoms with Crippen LogP contribution in [0.5, 0.6) is 0 Å². The summed E-state index contributed by atoms with van der Waals surface area (Å²) in [5, 5.41) is 6.15. The third kappa shape index (κ3) is 3.01. The van der Waals surface area contributed by atoms with Crippen molar-refractivity contribution in [3.63, 3.8) is 0 Å². The molecule has 0 aromatic carbocycles. The first kappa shape index (κ1) is 4.01. The molecule has 0 aliphatic heterocycles. The molecule has 0 saturated heterocycles. The number of terminal acetylenes is 1. The standard InChI is InChI=1S/C4H3N/c1-2-3-4-5/h1,3,5H. The van der Waals surface area contributed by atoms with Crippen LogP contribution in [0.15, 0.2) is 6.08 Å². The zero-order valence-electron chi connectivity index (χ0n) is 2.65. The van der Waals surface area contributed by atoms with Gasteiger partial charge in [-0.2, -0.15) is 0 Å². The third-order valence-electron chi connectivity index (χ3n) is 0.156. The van der Waals surface area contributed by atoms with Crippen molar-refractivity contribution in [3.05, 3.63) is 6.08 Å². The van der Waals surface area contributed by atoms with Crippen LogP contribution >= 0.6 is 0 Å². The molecule has 24 valence electrons. The Morgan fingerprint density at radius 1 is 1.80 bits per heavy atom. The first-order valence-electron chi connectivity index (χ1n) is 1.12. The second-order valence-electron chi connectivity index (χ2n) is 0.455. The van der Waals surface area contributed by atoms with E-state index in [0.29, 0.717) is 0 Å². The van der Waals surface area contributed by atoms with E-state index in [1.165, 1.54) is 6.08 Å². The highest BCUT2D eigenvalue weighted by atomic mass is 14.3. The number of rotatable bonds is 0. The number of allylic oxidation sites excluding steroid dienone is 1. The van der Waals surface area contributed by atoms with Gasteiger partial charge in [0, 0.05) is 6.08 Å². The average molecular weight is 65.1 g/mol. The van der Waals surface area contributed by atoms with Crippen molar-refractivity contribution < 1.29 is 0 Å². The number of hydrogen-bond donors (Lipinski definition) is 1. The summed E-state index contributed by atoms with van der Waals surface area (Å²) in [4.78, 5) is 0. The molecule has 0 atom stereocenters. The Hall–Kier alpha value is -0.990. The van der Waals surface area contributed by atoms with Gasteiger partial charge >= 0.3 is 0 Å². The van der Waals surface area contributed by atoms with Crippen molar-refractivity contribution in [2.75, 3.05) is 0 Å². The maximum atomic E-state index is 6.15. The van der Waals surface area contributed by atoms with Gasteiger partial charge in [0.2, 0.25) is 0 Å². The molecule has 0 aromatic rings. The molecule has 5 heavy (non-hydrogen) atoms. The van der Waals surface area contributed by atoms with Crippen LogP contribution in [0.2, 0.25) is 0 Å². The summed E-state index contributed by atoms with van der Waals surface area (Å²) < 4.78 is 0. The Bertz CT molecular complexity index is 90.7. The van der Waals surface area contributed by atoms with E-state index in [1.54, 1.807) is 0 Å². The molecule has 0 amide bonds. The smallest absolute Gasteiger partial charge is 0.0488 e. The summed E-state index contributed by atoms with van der Waals surface area (Å²) in [6.45, 7) is 0. The van der Waals surface area contributed by atoms with E-state index in [4.69, 9.17) is 5.41 Å². The van der Waals surface area contributed by atoms with Crippen LogP contribution in [-0.2, 0) is 0 Å². The van der Waals surface area contributed by atoms with Crippen molar-refractivity contribution in [3.8, 4) is 12.3 Å². The van der Waals surface area contributed by atoms with Crippen LogP contribution in [0.25, 0.3) is 0 Å². The number of nitrogens with one attached hydrogen (secondary N) is 1. The van der Waals surface area contributed by atoms with Crippen LogP contribution in [0, 0.1) is 17.8 Å². The monoisotopic (exact) mass is 65.0 g/mol. The van der Waals surface area contributed by atoms with E-state index < -0.39 is 0 Å². The molecule has 1 N–H and O–H groups in total. The normalized spacial score (nSPS) is 3.80. The lowest BCUT2D eigenvalue weighted by Gasteiger charge is -1.40. The maximum Gasteiger partial charge on any atom is 0.0488 e. The van der Waals surface area contributed by atoms with Gasteiger partial charge in [-0.25, -0.2) is 0 Å². The topological polar surface area (TPSA) is 23.9 Å². The van der Waals surface area contributed by atoms with Gasteiger partial charge in [0.1, 0.15) is 0 Å². The summed E-state index contributed by atoms with van der Waals surface area (Å²) in [6.07, 6.45) is 5.85. The molecule has 0 spiro atoms. The van der Waals surface area contributed by atoms with Gasteiger partial charge < -0.3 is 0 Å². The molecule has 0 rings (SSSR count). The van der Waals surface area contributed by atoms with E-state index in [0.717, 1.165) is 0 Å². The van der Waals surface area contributed by atoms with E-state index in [9.17, 15) is 0 Å². The van der Waals surface area contributed by atoms with E-state index in [1.807, 2.05) is 5.87 Å². The van der Waals surface area contributed by atoms with Gasteiger partial charge in [-0.1, -0.05) is 5.92 Å². The minimum absolute atomic E-state index is 1.19. The molecule has 0 saturated carbocycles. The lowest BCUT2D eigenvalue weighted by Crippen LogP contribution is -1.38. The van der Waals surface area contributed by atoms with Crippen LogP contribution in [0.4, 0.5) is 0 Å². The SMILES string of the molecule is C#CC=C=N. The molecule has 0 fully saturated rings. The molecule has 0 heterocycles. The van der Waals surface area contributed by atoms with Gasteiger partial charge in [0.25, 0.3) is 0 Å². The summed E-state index contributed by atoms with van der Waals surface area (Å²) in [5.74, 6) is 4.00. The number of hydrogen-bond acceptors (Lipinski definition) is 1. The van der Waals surface area contributed by atoms with Crippen molar-refractivity contribution in [2.24, 2.45) is 0 Å². The fourth-order valence-corrected chi connectivity index (χ4v) is 0.0417.